The molecule has 136 valence electrons. The molecule has 0 fully saturated rings. The number of benzene rings is 2. The van der Waals surface area contributed by atoms with E-state index in [1.807, 2.05) is 0 Å². The second kappa shape index (κ2) is 7.36. The van der Waals surface area contributed by atoms with Gasteiger partial charge in [0, 0.05) is 5.39 Å². The highest BCUT2D eigenvalue weighted by Gasteiger charge is 2.20. The van der Waals surface area contributed by atoms with Crippen LogP contribution in [0.2, 0.25) is 0 Å². The average Bonchev–Trinajstić information content (AvgIpc) is 2.94. The predicted molar refractivity (Wildman–Crippen MR) is 98.4 cm³/mol. The Bertz CT molecular complexity index is 948. The summed E-state index contributed by atoms with van der Waals surface area (Å²) in [4.78, 5) is 12.0. The van der Waals surface area contributed by atoms with Gasteiger partial charge in [-0.25, -0.2) is 4.79 Å². The third-order valence-corrected chi connectivity index (χ3v) is 4.48. The third kappa shape index (κ3) is 3.52. The molecular weight excluding hydrogens is 406 g/mol. The molecule has 1 N–H and O–H groups in total. The van der Waals surface area contributed by atoms with Gasteiger partial charge in [0.15, 0.2) is 0 Å². The summed E-state index contributed by atoms with van der Waals surface area (Å²) in [6.07, 6.45) is 0. The Morgan fingerprint density at radius 1 is 1.31 bits per heavy atom. The van der Waals surface area contributed by atoms with E-state index in [-0.39, 0.29) is 17.5 Å². The molecule has 3 aromatic rings. The van der Waals surface area contributed by atoms with Gasteiger partial charge >= 0.3 is 5.97 Å². The molecule has 0 aliphatic rings. The molecule has 26 heavy (non-hydrogen) atoms. The van der Waals surface area contributed by atoms with Crippen molar-refractivity contribution in [3.05, 3.63) is 63.0 Å². The zero-order valence-corrected chi connectivity index (χ0v) is 15.6. The molecular formula is C18H15BrNO6-. The van der Waals surface area contributed by atoms with Gasteiger partial charge in [-0.3, -0.25) is 5.21 Å². The maximum absolute atomic E-state index is 12.0. The highest BCUT2D eigenvalue weighted by molar-refractivity contribution is 9.10. The van der Waals surface area contributed by atoms with E-state index in [1.54, 1.807) is 31.2 Å². The fourth-order valence-corrected chi connectivity index (χ4v) is 3.00. The summed E-state index contributed by atoms with van der Waals surface area (Å²) in [6.45, 7) is 1.93. The van der Waals surface area contributed by atoms with Crippen LogP contribution in [0.25, 0.3) is 11.0 Å². The largest absolute Gasteiger partial charge is 0.733 e. The Morgan fingerprint density at radius 2 is 2.00 bits per heavy atom. The van der Waals surface area contributed by atoms with E-state index < -0.39 is 5.97 Å². The molecule has 1 aromatic heterocycles. The van der Waals surface area contributed by atoms with Gasteiger partial charge in [0.25, 0.3) is 0 Å². The van der Waals surface area contributed by atoms with E-state index in [9.17, 15) is 10.0 Å². The van der Waals surface area contributed by atoms with Gasteiger partial charge in [0.1, 0.15) is 29.3 Å². The smallest absolute Gasteiger partial charge is 0.342 e. The van der Waals surface area contributed by atoms with Crippen LogP contribution in [-0.2, 0) is 11.3 Å². The lowest BCUT2D eigenvalue weighted by Crippen LogP contribution is -2.06. The molecule has 0 amide bonds. The van der Waals surface area contributed by atoms with Crippen LogP contribution in [0.15, 0.2) is 45.3 Å². The molecule has 0 atom stereocenters. The number of hydrogen-bond donors (Lipinski definition) is 1. The van der Waals surface area contributed by atoms with Crippen molar-refractivity contribution >= 4 is 38.6 Å². The molecule has 1 heterocycles. The van der Waals surface area contributed by atoms with E-state index in [0.717, 1.165) is 5.56 Å². The molecule has 3 rings (SSSR count). The van der Waals surface area contributed by atoms with E-state index >= 15 is 0 Å². The number of furan rings is 1. The molecule has 0 radical (unpaired) electrons. The normalized spacial score (nSPS) is 10.8. The van der Waals surface area contributed by atoms with Crippen LogP contribution in [0, 0.1) is 12.1 Å². The molecule has 0 bridgehead atoms. The highest BCUT2D eigenvalue weighted by atomic mass is 79.9. The first-order chi connectivity index (χ1) is 12.4. The number of fused-ring (bicyclic) bond motifs is 1. The minimum Gasteiger partial charge on any atom is -0.733 e. The molecule has 7 nitrogen and oxygen atoms in total. The number of hydrogen-bond acceptors (Lipinski definition) is 7. The Morgan fingerprint density at radius 3 is 2.62 bits per heavy atom. The van der Waals surface area contributed by atoms with Crippen molar-refractivity contribution < 1.29 is 23.9 Å². The zero-order valence-electron chi connectivity index (χ0n) is 14.0. The standard InChI is InChI=1S/C18H15BrNO6/c1-10-17(18(21)24-2)13-7-16(14(19)8-15(13)26-10)25-9-11-3-5-12(6-4-11)20(22)23/h3-8,22H,9H2,1-2H3/q-1. The van der Waals surface area contributed by atoms with Crippen molar-refractivity contribution in [1.82, 2.24) is 0 Å². The quantitative estimate of drug-likeness (QED) is 0.477. The molecule has 8 heteroatoms. The number of aryl methyl sites for hydroxylation is 1. The minimum absolute atomic E-state index is 0.132. The molecule has 0 aliphatic carbocycles. The van der Waals surface area contributed by atoms with E-state index in [0.29, 0.717) is 32.5 Å². The number of carbonyl (C=O) groups excluding carboxylic acids is 1. The van der Waals surface area contributed by atoms with Crippen LogP contribution in [0.1, 0.15) is 21.7 Å². The third-order valence-electron chi connectivity index (χ3n) is 3.86. The molecule has 0 saturated carbocycles. The van der Waals surface area contributed by atoms with Gasteiger partial charge in [-0.1, -0.05) is 12.1 Å². The highest BCUT2D eigenvalue weighted by Crippen LogP contribution is 2.35. The lowest BCUT2D eigenvalue weighted by atomic mass is 10.1. The SMILES string of the molecule is COC(=O)c1c(C)oc2cc(Br)c(OCc3ccc(N([O-])O)cc3)cc12. The maximum atomic E-state index is 12.0. The lowest BCUT2D eigenvalue weighted by Gasteiger charge is -2.21. The number of halogens is 1. The van der Waals surface area contributed by atoms with Gasteiger partial charge in [-0.2, -0.15) is 0 Å². The van der Waals surface area contributed by atoms with Crippen molar-refractivity contribution in [2.24, 2.45) is 0 Å². The van der Waals surface area contributed by atoms with Crippen molar-refractivity contribution in [1.29, 1.82) is 0 Å². The Labute approximate surface area is 157 Å². The first-order valence-electron chi connectivity index (χ1n) is 7.59. The van der Waals surface area contributed by atoms with Crippen LogP contribution in [0.5, 0.6) is 5.75 Å². The van der Waals surface area contributed by atoms with Crippen LogP contribution >= 0.6 is 15.9 Å². The molecule has 2 aromatic carbocycles. The van der Waals surface area contributed by atoms with Gasteiger partial charge in [0.05, 0.1) is 17.3 Å². The summed E-state index contributed by atoms with van der Waals surface area (Å²) in [6, 6.07) is 9.75. The summed E-state index contributed by atoms with van der Waals surface area (Å²) < 4.78 is 16.9. The zero-order chi connectivity index (χ0) is 18.8. The summed E-state index contributed by atoms with van der Waals surface area (Å²) in [5, 5.41) is 20.1. The number of anilines is 1. The Kier molecular flexibility index (Phi) is 5.17. The predicted octanol–water partition coefficient (Wildman–Crippen LogP) is 4.56. The van der Waals surface area contributed by atoms with E-state index in [1.165, 1.54) is 19.2 Å². The van der Waals surface area contributed by atoms with Crippen LogP contribution < -0.4 is 9.96 Å². The number of ether oxygens (including phenoxy) is 2. The summed E-state index contributed by atoms with van der Waals surface area (Å²) in [7, 11) is 1.32. The van der Waals surface area contributed by atoms with E-state index in [2.05, 4.69) is 15.9 Å². The Balaban J connectivity index is 1.87. The number of rotatable bonds is 5. The van der Waals surface area contributed by atoms with Gasteiger partial charge in [-0.15, -0.1) is 0 Å². The van der Waals surface area contributed by atoms with Gasteiger partial charge < -0.3 is 24.3 Å². The summed E-state index contributed by atoms with van der Waals surface area (Å²) in [5.74, 6) is 0.522. The lowest BCUT2D eigenvalue weighted by molar-refractivity contribution is 0.0600. The second-order valence-electron chi connectivity index (χ2n) is 5.53. The molecule has 0 unspecified atom stereocenters. The van der Waals surface area contributed by atoms with Gasteiger partial charge in [-0.05, 0) is 52.7 Å². The monoisotopic (exact) mass is 420 g/mol. The van der Waals surface area contributed by atoms with Crippen molar-refractivity contribution in [2.75, 3.05) is 12.3 Å². The molecule has 0 spiro atoms. The average molecular weight is 421 g/mol. The van der Waals surface area contributed by atoms with Crippen LogP contribution in [-0.4, -0.2) is 18.3 Å². The number of esters is 1. The first kappa shape index (κ1) is 18.2. The minimum atomic E-state index is -0.476. The van der Waals surface area contributed by atoms with E-state index in [4.69, 9.17) is 19.1 Å². The number of nitrogens with zero attached hydrogens (tertiary/aromatic N) is 1. The molecule has 0 saturated heterocycles. The topological polar surface area (TPSA) is 95.2 Å². The Hall–Kier alpha value is -2.55. The first-order valence-corrected chi connectivity index (χ1v) is 8.39. The van der Waals surface area contributed by atoms with Gasteiger partial charge in [0.2, 0.25) is 0 Å². The van der Waals surface area contributed by atoms with Crippen molar-refractivity contribution in [2.45, 2.75) is 13.5 Å². The van der Waals surface area contributed by atoms with Crippen LogP contribution in [0.4, 0.5) is 5.69 Å². The fraction of sp³-hybridized carbons (Fsp3) is 0.167. The molecule has 0 aliphatic heterocycles. The van der Waals surface area contributed by atoms with Crippen molar-refractivity contribution in [3.63, 3.8) is 0 Å². The fourth-order valence-electron chi connectivity index (χ4n) is 2.57. The second-order valence-corrected chi connectivity index (χ2v) is 6.39. The maximum Gasteiger partial charge on any atom is 0.342 e. The summed E-state index contributed by atoms with van der Waals surface area (Å²) in [5.41, 5.74) is 1.85. The van der Waals surface area contributed by atoms with Crippen molar-refractivity contribution in [3.8, 4) is 5.75 Å². The van der Waals surface area contributed by atoms with Crippen LogP contribution in [0.3, 0.4) is 0 Å². The number of carbonyl (C=O) groups is 1. The summed E-state index contributed by atoms with van der Waals surface area (Å²) >= 11 is 3.43. The number of methoxy groups -OCH3 is 1.